The summed E-state index contributed by atoms with van der Waals surface area (Å²) in [7, 11) is 3.64. The highest BCUT2D eigenvalue weighted by atomic mass is 16.5. The molecule has 3 rings (SSSR count). The molecule has 5 heteroatoms. The summed E-state index contributed by atoms with van der Waals surface area (Å²) < 4.78 is 7.30. The van der Waals surface area contributed by atoms with Crippen molar-refractivity contribution >= 4 is 0 Å². The molecule has 2 heterocycles. The van der Waals surface area contributed by atoms with Crippen LogP contribution in [0, 0.1) is 13.8 Å². The third kappa shape index (κ3) is 4.22. The zero-order valence-corrected chi connectivity index (χ0v) is 15.9. The van der Waals surface area contributed by atoms with E-state index >= 15 is 0 Å². The molecule has 1 fully saturated rings. The molecule has 0 bridgehead atoms. The van der Waals surface area contributed by atoms with Crippen molar-refractivity contribution in [1.29, 1.82) is 0 Å². The Balaban J connectivity index is 1.49. The van der Waals surface area contributed by atoms with Gasteiger partial charge in [0.25, 0.3) is 0 Å². The third-order valence-corrected chi connectivity index (χ3v) is 5.29. The molecule has 0 unspecified atom stereocenters. The van der Waals surface area contributed by atoms with Gasteiger partial charge in [-0.3, -0.25) is 4.90 Å². The van der Waals surface area contributed by atoms with Crippen molar-refractivity contribution in [1.82, 2.24) is 20.0 Å². The first-order chi connectivity index (χ1) is 12.1. The van der Waals surface area contributed by atoms with Gasteiger partial charge in [0.15, 0.2) is 0 Å². The van der Waals surface area contributed by atoms with Crippen LogP contribution in [0.3, 0.4) is 0 Å². The predicted molar refractivity (Wildman–Crippen MR) is 101 cm³/mol. The molecular weight excluding hydrogens is 312 g/mol. The molecule has 1 aromatic heterocycles. The van der Waals surface area contributed by atoms with E-state index in [0.29, 0.717) is 6.04 Å². The van der Waals surface area contributed by atoms with Crippen LogP contribution in [0.25, 0.3) is 0 Å². The fourth-order valence-corrected chi connectivity index (χ4v) is 3.71. The van der Waals surface area contributed by atoms with E-state index in [9.17, 15) is 0 Å². The van der Waals surface area contributed by atoms with Crippen molar-refractivity contribution in [3.05, 3.63) is 46.6 Å². The summed E-state index contributed by atoms with van der Waals surface area (Å²) in [6, 6.07) is 9.27. The van der Waals surface area contributed by atoms with Crippen LogP contribution < -0.4 is 10.1 Å². The second-order valence-corrected chi connectivity index (χ2v) is 7.05. The van der Waals surface area contributed by atoms with Crippen LogP contribution in [0.15, 0.2) is 24.3 Å². The monoisotopic (exact) mass is 342 g/mol. The molecule has 5 nitrogen and oxygen atoms in total. The standard InChI is InChI=1S/C20H30N4O/c1-15-7-5-6-8-17(15)14-24-11-9-18(10-12-24)21-13-19-16(2)22-23(3)20(19)25-4/h5-8,18,21H,9-14H2,1-4H3. The quantitative estimate of drug-likeness (QED) is 0.877. The number of methoxy groups -OCH3 is 1. The van der Waals surface area contributed by atoms with E-state index in [1.807, 2.05) is 18.7 Å². The van der Waals surface area contributed by atoms with Gasteiger partial charge < -0.3 is 10.1 Å². The smallest absolute Gasteiger partial charge is 0.216 e. The summed E-state index contributed by atoms with van der Waals surface area (Å²) in [6.07, 6.45) is 2.38. The summed E-state index contributed by atoms with van der Waals surface area (Å²) in [6.45, 7) is 8.43. The Morgan fingerprint density at radius 3 is 2.60 bits per heavy atom. The second-order valence-electron chi connectivity index (χ2n) is 7.05. The molecule has 1 saturated heterocycles. The van der Waals surface area contributed by atoms with Crippen LogP contribution >= 0.6 is 0 Å². The number of likely N-dealkylation sites (tertiary alicyclic amines) is 1. The van der Waals surface area contributed by atoms with Gasteiger partial charge in [-0.25, -0.2) is 4.68 Å². The third-order valence-electron chi connectivity index (χ3n) is 5.29. The van der Waals surface area contributed by atoms with Gasteiger partial charge in [0.2, 0.25) is 5.88 Å². The minimum absolute atomic E-state index is 0.567. The number of ether oxygens (including phenoxy) is 1. The Bertz CT molecular complexity index is 702. The normalized spacial score (nSPS) is 16.3. The van der Waals surface area contributed by atoms with Crippen LogP contribution in [-0.4, -0.2) is 40.9 Å². The number of piperidine rings is 1. The summed E-state index contributed by atoms with van der Waals surface area (Å²) in [5.41, 5.74) is 5.06. The van der Waals surface area contributed by atoms with E-state index in [0.717, 1.165) is 37.8 Å². The Hall–Kier alpha value is -1.85. The first kappa shape index (κ1) is 18.0. The summed E-state index contributed by atoms with van der Waals surface area (Å²) in [5, 5.41) is 8.16. The van der Waals surface area contributed by atoms with E-state index in [4.69, 9.17) is 4.74 Å². The van der Waals surface area contributed by atoms with Gasteiger partial charge in [-0.2, -0.15) is 5.10 Å². The molecule has 0 aliphatic carbocycles. The molecule has 0 radical (unpaired) electrons. The minimum Gasteiger partial charge on any atom is -0.481 e. The molecule has 136 valence electrons. The number of aryl methyl sites for hydroxylation is 3. The zero-order chi connectivity index (χ0) is 17.8. The highest BCUT2D eigenvalue weighted by molar-refractivity contribution is 5.30. The van der Waals surface area contributed by atoms with Gasteiger partial charge in [0, 0.05) is 26.2 Å². The number of aromatic nitrogens is 2. The van der Waals surface area contributed by atoms with Crippen molar-refractivity contribution in [3.8, 4) is 5.88 Å². The zero-order valence-electron chi connectivity index (χ0n) is 15.9. The van der Waals surface area contributed by atoms with E-state index in [1.165, 1.54) is 29.5 Å². The lowest BCUT2D eigenvalue weighted by Gasteiger charge is -2.32. The highest BCUT2D eigenvalue weighted by Gasteiger charge is 2.21. The fourth-order valence-electron chi connectivity index (χ4n) is 3.71. The van der Waals surface area contributed by atoms with Gasteiger partial charge >= 0.3 is 0 Å². The van der Waals surface area contributed by atoms with Crippen molar-refractivity contribution in [2.24, 2.45) is 7.05 Å². The van der Waals surface area contributed by atoms with E-state index in [2.05, 4.69) is 46.5 Å². The maximum absolute atomic E-state index is 5.48. The molecular formula is C20H30N4O. The molecule has 0 spiro atoms. The van der Waals surface area contributed by atoms with Crippen molar-refractivity contribution in [3.63, 3.8) is 0 Å². The Kier molecular flexibility index (Phi) is 5.76. The van der Waals surface area contributed by atoms with Crippen LogP contribution in [0.5, 0.6) is 5.88 Å². The number of benzene rings is 1. The summed E-state index contributed by atoms with van der Waals surface area (Å²) in [5.74, 6) is 0.863. The highest BCUT2D eigenvalue weighted by Crippen LogP contribution is 2.22. The van der Waals surface area contributed by atoms with Crippen LogP contribution in [0.2, 0.25) is 0 Å². The fraction of sp³-hybridized carbons (Fsp3) is 0.550. The van der Waals surface area contributed by atoms with E-state index in [1.54, 1.807) is 7.11 Å². The Morgan fingerprint density at radius 1 is 1.20 bits per heavy atom. The molecule has 1 N–H and O–H groups in total. The predicted octanol–water partition coefficient (Wildman–Crippen LogP) is 2.80. The van der Waals surface area contributed by atoms with Gasteiger partial charge in [-0.15, -0.1) is 0 Å². The number of hydrogen-bond donors (Lipinski definition) is 1. The lowest BCUT2D eigenvalue weighted by molar-refractivity contribution is 0.189. The molecule has 1 aliphatic heterocycles. The van der Waals surface area contributed by atoms with E-state index in [-0.39, 0.29) is 0 Å². The maximum Gasteiger partial charge on any atom is 0.216 e. The summed E-state index contributed by atoms with van der Waals surface area (Å²) >= 11 is 0. The first-order valence-corrected chi connectivity index (χ1v) is 9.15. The minimum atomic E-state index is 0.567. The van der Waals surface area contributed by atoms with Gasteiger partial charge in [-0.1, -0.05) is 24.3 Å². The summed E-state index contributed by atoms with van der Waals surface area (Å²) in [4.78, 5) is 2.57. The number of nitrogens with zero attached hydrogens (tertiary/aromatic N) is 3. The van der Waals surface area contributed by atoms with Gasteiger partial charge in [0.05, 0.1) is 18.4 Å². The lowest BCUT2D eigenvalue weighted by Crippen LogP contribution is -2.42. The molecule has 2 aromatic rings. The molecule has 0 saturated carbocycles. The Morgan fingerprint density at radius 2 is 1.92 bits per heavy atom. The van der Waals surface area contributed by atoms with Crippen molar-refractivity contribution in [2.75, 3.05) is 20.2 Å². The topological polar surface area (TPSA) is 42.3 Å². The average molecular weight is 342 g/mol. The van der Waals surface area contributed by atoms with E-state index < -0.39 is 0 Å². The SMILES string of the molecule is COc1c(CNC2CCN(Cc3ccccc3C)CC2)c(C)nn1C. The molecule has 1 aromatic carbocycles. The number of nitrogens with one attached hydrogen (secondary N) is 1. The number of hydrogen-bond acceptors (Lipinski definition) is 4. The largest absolute Gasteiger partial charge is 0.481 e. The molecule has 1 aliphatic rings. The van der Waals surface area contributed by atoms with Gasteiger partial charge in [0.1, 0.15) is 0 Å². The van der Waals surface area contributed by atoms with Crippen LogP contribution in [0.1, 0.15) is 35.2 Å². The second kappa shape index (κ2) is 8.02. The first-order valence-electron chi connectivity index (χ1n) is 9.15. The van der Waals surface area contributed by atoms with Crippen molar-refractivity contribution in [2.45, 2.75) is 45.8 Å². The lowest BCUT2D eigenvalue weighted by atomic mass is 10.0. The number of rotatable bonds is 6. The van der Waals surface area contributed by atoms with Gasteiger partial charge in [-0.05, 0) is 50.9 Å². The van der Waals surface area contributed by atoms with Crippen molar-refractivity contribution < 1.29 is 4.74 Å². The Labute approximate surface area is 151 Å². The molecule has 0 atom stereocenters. The maximum atomic E-state index is 5.48. The van der Waals surface area contributed by atoms with Crippen LogP contribution in [0.4, 0.5) is 0 Å². The average Bonchev–Trinajstić information content (AvgIpc) is 2.89. The molecule has 0 amide bonds. The molecule has 25 heavy (non-hydrogen) atoms. The van der Waals surface area contributed by atoms with Crippen LogP contribution in [-0.2, 0) is 20.1 Å².